The van der Waals surface area contributed by atoms with Crippen molar-refractivity contribution in [2.45, 2.75) is 20.8 Å². The van der Waals surface area contributed by atoms with Crippen molar-refractivity contribution >= 4 is 39.0 Å². The monoisotopic (exact) mass is 401 g/mol. The zero-order valence-corrected chi connectivity index (χ0v) is 15.9. The number of ketones is 1. The van der Waals surface area contributed by atoms with Crippen LogP contribution in [0.2, 0.25) is 0 Å². The first kappa shape index (κ1) is 18.9. The van der Waals surface area contributed by atoms with Gasteiger partial charge in [0.05, 0.1) is 11.9 Å². The van der Waals surface area contributed by atoms with Gasteiger partial charge in [-0.25, -0.2) is 0 Å². The molecule has 25 heavy (non-hydrogen) atoms. The van der Waals surface area contributed by atoms with Crippen LogP contribution in [0.1, 0.15) is 20.8 Å². The average Bonchev–Trinajstić information content (AvgIpc) is 2.56. The van der Waals surface area contributed by atoms with E-state index in [4.69, 9.17) is 0 Å². The second-order valence-corrected chi connectivity index (χ2v) is 7.42. The van der Waals surface area contributed by atoms with Crippen molar-refractivity contribution in [3.8, 4) is 0 Å². The molecular formula is C19H20BrN3O2. The average molecular weight is 402 g/mol. The zero-order valence-electron chi connectivity index (χ0n) is 14.3. The van der Waals surface area contributed by atoms with Gasteiger partial charge in [0.15, 0.2) is 5.78 Å². The molecule has 0 spiro atoms. The van der Waals surface area contributed by atoms with Gasteiger partial charge < -0.3 is 10.6 Å². The van der Waals surface area contributed by atoms with Crippen molar-refractivity contribution in [1.82, 2.24) is 4.98 Å². The lowest BCUT2D eigenvalue weighted by atomic mass is 9.90. The Balaban J connectivity index is 2.27. The summed E-state index contributed by atoms with van der Waals surface area (Å²) in [6.07, 6.45) is 4.50. The van der Waals surface area contributed by atoms with E-state index in [2.05, 4.69) is 31.5 Å². The number of rotatable bonds is 5. The molecule has 1 aromatic carbocycles. The molecule has 0 saturated heterocycles. The molecule has 6 heteroatoms. The van der Waals surface area contributed by atoms with E-state index in [0.717, 1.165) is 4.47 Å². The standard InChI is InChI=1S/C19H20BrN3O2/c1-19(2,3)17(24)11-16(22-14-8-6-13(20)7-9-14)18(25)23-15-5-4-10-21-12-15/h4-12,22H,1-3H3,(H,23,25). The smallest absolute Gasteiger partial charge is 0.272 e. The maximum Gasteiger partial charge on any atom is 0.272 e. The second-order valence-electron chi connectivity index (χ2n) is 6.50. The van der Waals surface area contributed by atoms with Crippen LogP contribution in [0.15, 0.2) is 65.0 Å². The molecule has 2 aromatic rings. The summed E-state index contributed by atoms with van der Waals surface area (Å²) < 4.78 is 0.925. The van der Waals surface area contributed by atoms with Gasteiger partial charge >= 0.3 is 0 Å². The molecule has 2 rings (SSSR count). The largest absolute Gasteiger partial charge is 0.351 e. The fourth-order valence-electron chi connectivity index (χ4n) is 1.83. The minimum Gasteiger partial charge on any atom is -0.351 e. The maximum atomic E-state index is 12.6. The molecule has 0 aliphatic rings. The number of hydrogen-bond donors (Lipinski definition) is 2. The number of halogens is 1. The quantitative estimate of drug-likeness (QED) is 0.728. The Labute approximate surface area is 155 Å². The molecule has 1 aromatic heterocycles. The first-order chi connectivity index (χ1) is 11.8. The minimum atomic E-state index is -0.582. The highest BCUT2D eigenvalue weighted by atomic mass is 79.9. The number of nitrogens with one attached hydrogen (secondary N) is 2. The second kappa shape index (κ2) is 8.07. The maximum absolute atomic E-state index is 12.6. The number of aromatic nitrogens is 1. The number of pyridine rings is 1. The molecule has 130 valence electrons. The van der Waals surface area contributed by atoms with Crippen LogP contribution in [0.3, 0.4) is 0 Å². The number of benzene rings is 1. The van der Waals surface area contributed by atoms with Crippen molar-refractivity contribution in [1.29, 1.82) is 0 Å². The summed E-state index contributed by atoms with van der Waals surface area (Å²) in [5.41, 5.74) is 0.851. The molecule has 0 aliphatic heterocycles. The highest BCUT2D eigenvalue weighted by molar-refractivity contribution is 9.10. The van der Waals surface area contributed by atoms with Crippen molar-refractivity contribution in [3.63, 3.8) is 0 Å². The Hall–Kier alpha value is -2.47. The van der Waals surface area contributed by atoms with Crippen LogP contribution < -0.4 is 10.6 Å². The summed E-state index contributed by atoms with van der Waals surface area (Å²) in [5.74, 6) is -0.554. The van der Waals surface area contributed by atoms with Gasteiger partial charge in [-0.2, -0.15) is 0 Å². The SMILES string of the molecule is CC(C)(C)C(=O)C=C(Nc1ccc(Br)cc1)C(=O)Nc1cccnc1. The first-order valence-corrected chi connectivity index (χ1v) is 8.55. The molecular weight excluding hydrogens is 382 g/mol. The van der Waals surface area contributed by atoms with Crippen LogP contribution in [0.25, 0.3) is 0 Å². The lowest BCUT2D eigenvalue weighted by Crippen LogP contribution is -2.24. The molecule has 2 N–H and O–H groups in total. The van der Waals surface area contributed by atoms with Crippen LogP contribution in [-0.4, -0.2) is 16.7 Å². The van der Waals surface area contributed by atoms with Gasteiger partial charge in [0.2, 0.25) is 0 Å². The van der Waals surface area contributed by atoms with Crippen LogP contribution >= 0.6 is 15.9 Å². The Kier molecular flexibility index (Phi) is 6.09. The van der Waals surface area contributed by atoms with Crippen LogP contribution in [-0.2, 0) is 9.59 Å². The molecule has 0 atom stereocenters. The van der Waals surface area contributed by atoms with E-state index in [9.17, 15) is 9.59 Å². The number of allylic oxidation sites excluding steroid dienone is 1. The molecule has 1 amide bonds. The third-order valence-corrected chi connectivity index (χ3v) is 3.83. The van der Waals surface area contributed by atoms with Gasteiger partial charge in [0.25, 0.3) is 5.91 Å². The number of anilines is 2. The van der Waals surface area contributed by atoms with Crippen LogP contribution in [0.5, 0.6) is 0 Å². The third kappa shape index (κ3) is 5.83. The van der Waals surface area contributed by atoms with Crippen molar-refractivity contribution < 1.29 is 9.59 Å². The minimum absolute atomic E-state index is 0.145. The lowest BCUT2D eigenvalue weighted by molar-refractivity contribution is -0.122. The summed E-state index contributed by atoms with van der Waals surface area (Å²) in [4.78, 5) is 28.9. The van der Waals surface area contributed by atoms with E-state index in [-0.39, 0.29) is 11.5 Å². The Bertz CT molecular complexity index is 779. The molecule has 1 heterocycles. The van der Waals surface area contributed by atoms with E-state index in [0.29, 0.717) is 11.4 Å². The normalized spacial score (nSPS) is 11.8. The van der Waals surface area contributed by atoms with Crippen molar-refractivity contribution in [2.24, 2.45) is 5.41 Å². The summed E-state index contributed by atoms with van der Waals surface area (Å²) in [7, 11) is 0. The highest BCUT2D eigenvalue weighted by Crippen LogP contribution is 2.20. The number of nitrogens with zero attached hydrogens (tertiary/aromatic N) is 1. The van der Waals surface area contributed by atoms with E-state index in [1.165, 1.54) is 6.08 Å². The third-order valence-electron chi connectivity index (χ3n) is 3.30. The molecule has 0 aliphatic carbocycles. The Morgan fingerprint density at radius 1 is 1.04 bits per heavy atom. The fourth-order valence-corrected chi connectivity index (χ4v) is 2.09. The number of hydrogen-bond acceptors (Lipinski definition) is 4. The predicted molar refractivity (Wildman–Crippen MR) is 103 cm³/mol. The molecule has 0 bridgehead atoms. The summed E-state index contributed by atoms with van der Waals surface area (Å²) in [5, 5.41) is 5.75. The summed E-state index contributed by atoms with van der Waals surface area (Å²) >= 11 is 3.37. The number of carbonyl (C=O) groups is 2. The zero-order chi connectivity index (χ0) is 18.4. The Morgan fingerprint density at radius 3 is 2.28 bits per heavy atom. The fraction of sp³-hybridized carbons (Fsp3) is 0.211. The molecule has 0 saturated carbocycles. The van der Waals surface area contributed by atoms with Crippen molar-refractivity contribution in [2.75, 3.05) is 10.6 Å². The van der Waals surface area contributed by atoms with E-state index >= 15 is 0 Å². The Morgan fingerprint density at radius 2 is 1.72 bits per heavy atom. The number of amides is 1. The van der Waals surface area contributed by atoms with Gasteiger partial charge in [-0.3, -0.25) is 14.6 Å². The number of carbonyl (C=O) groups excluding carboxylic acids is 2. The van der Waals surface area contributed by atoms with E-state index < -0.39 is 11.3 Å². The van der Waals surface area contributed by atoms with Gasteiger partial charge in [0, 0.05) is 27.8 Å². The predicted octanol–water partition coefficient (Wildman–Crippen LogP) is 4.39. The van der Waals surface area contributed by atoms with Crippen LogP contribution in [0.4, 0.5) is 11.4 Å². The lowest BCUT2D eigenvalue weighted by Gasteiger charge is -2.16. The molecule has 0 fully saturated rings. The van der Waals surface area contributed by atoms with Gasteiger partial charge in [-0.05, 0) is 36.4 Å². The molecule has 0 unspecified atom stereocenters. The summed E-state index contributed by atoms with van der Waals surface area (Å²) in [6.45, 7) is 5.42. The van der Waals surface area contributed by atoms with E-state index in [1.54, 1.807) is 24.5 Å². The van der Waals surface area contributed by atoms with Crippen molar-refractivity contribution in [3.05, 3.63) is 65.0 Å². The first-order valence-electron chi connectivity index (χ1n) is 7.76. The van der Waals surface area contributed by atoms with Crippen LogP contribution in [0, 0.1) is 5.41 Å². The van der Waals surface area contributed by atoms with E-state index in [1.807, 2.05) is 45.0 Å². The summed E-state index contributed by atoms with van der Waals surface area (Å²) in [6, 6.07) is 10.8. The van der Waals surface area contributed by atoms with Gasteiger partial charge in [0.1, 0.15) is 5.70 Å². The van der Waals surface area contributed by atoms with Gasteiger partial charge in [-0.1, -0.05) is 36.7 Å². The molecule has 5 nitrogen and oxygen atoms in total. The topological polar surface area (TPSA) is 71.1 Å². The van der Waals surface area contributed by atoms with Gasteiger partial charge in [-0.15, -0.1) is 0 Å². The molecule has 0 radical (unpaired) electrons. The highest BCUT2D eigenvalue weighted by Gasteiger charge is 2.22.